The Labute approximate surface area is 109 Å². The second-order valence-corrected chi connectivity index (χ2v) is 4.07. The normalized spacial score (nSPS) is 10.4. The number of phenolic OH excluding ortho intramolecular Hbond substituents is 1. The maximum absolute atomic E-state index is 11.7. The highest BCUT2D eigenvalue weighted by Gasteiger charge is 2.12. The quantitative estimate of drug-likeness (QED) is 0.882. The number of phenols is 1. The van der Waals surface area contributed by atoms with Gasteiger partial charge in [-0.2, -0.15) is 0 Å². The Hall–Kier alpha value is -2.56. The molecule has 98 valence electrons. The zero-order chi connectivity index (χ0) is 14.0. The molecule has 0 aliphatic heterocycles. The van der Waals surface area contributed by atoms with Crippen LogP contribution < -0.4 is 5.43 Å². The first-order valence-corrected chi connectivity index (χ1v) is 5.80. The van der Waals surface area contributed by atoms with E-state index in [1.54, 1.807) is 16.7 Å². The van der Waals surface area contributed by atoms with Gasteiger partial charge in [0.2, 0.25) is 0 Å². The largest absolute Gasteiger partial charge is 0.508 e. The molecule has 0 bridgehead atoms. The summed E-state index contributed by atoms with van der Waals surface area (Å²) in [6.07, 6.45) is 1.34. The third-order valence-corrected chi connectivity index (χ3v) is 2.86. The molecular formula is C14H13NO4. The van der Waals surface area contributed by atoms with Crippen LogP contribution in [-0.2, 0) is 6.54 Å². The summed E-state index contributed by atoms with van der Waals surface area (Å²) in [5.41, 5.74) is 0.593. The summed E-state index contributed by atoms with van der Waals surface area (Å²) in [7, 11) is 0. The Morgan fingerprint density at radius 1 is 1.26 bits per heavy atom. The first kappa shape index (κ1) is 12.9. The van der Waals surface area contributed by atoms with Gasteiger partial charge in [0, 0.05) is 18.8 Å². The summed E-state index contributed by atoms with van der Waals surface area (Å²) in [4.78, 5) is 22.7. The van der Waals surface area contributed by atoms with Gasteiger partial charge < -0.3 is 14.8 Å². The second kappa shape index (κ2) is 4.97. The van der Waals surface area contributed by atoms with Gasteiger partial charge in [0.15, 0.2) is 5.43 Å². The molecule has 0 radical (unpaired) electrons. The third-order valence-electron chi connectivity index (χ3n) is 2.86. The molecule has 0 saturated heterocycles. The lowest BCUT2D eigenvalue weighted by Gasteiger charge is -2.12. The molecule has 1 aromatic carbocycles. The molecular weight excluding hydrogens is 246 g/mol. The Balaban J connectivity index is 2.63. The molecule has 2 N–H and O–H groups in total. The molecule has 0 unspecified atom stereocenters. The molecule has 0 aliphatic rings. The van der Waals surface area contributed by atoms with E-state index >= 15 is 0 Å². The van der Waals surface area contributed by atoms with Gasteiger partial charge in [0.1, 0.15) is 11.3 Å². The molecule has 1 heterocycles. The fourth-order valence-electron chi connectivity index (χ4n) is 1.88. The minimum absolute atomic E-state index is 0.135. The Morgan fingerprint density at radius 3 is 2.42 bits per heavy atom. The fourth-order valence-corrected chi connectivity index (χ4v) is 1.88. The van der Waals surface area contributed by atoms with Crippen LogP contribution >= 0.6 is 0 Å². The van der Waals surface area contributed by atoms with Gasteiger partial charge in [-0.25, -0.2) is 4.79 Å². The number of pyridine rings is 1. The summed E-state index contributed by atoms with van der Waals surface area (Å²) in [5, 5.41) is 18.2. The highest BCUT2D eigenvalue weighted by atomic mass is 16.4. The van der Waals surface area contributed by atoms with E-state index < -0.39 is 11.4 Å². The molecule has 0 saturated carbocycles. The molecule has 5 nitrogen and oxygen atoms in total. The summed E-state index contributed by atoms with van der Waals surface area (Å²) < 4.78 is 1.69. The minimum Gasteiger partial charge on any atom is -0.508 e. The number of benzene rings is 1. The van der Waals surface area contributed by atoms with Crippen molar-refractivity contribution in [2.24, 2.45) is 0 Å². The Bertz CT molecular complexity index is 671. The summed E-state index contributed by atoms with van der Waals surface area (Å²) in [6.45, 7) is 2.40. The van der Waals surface area contributed by atoms with Crippen molar-refractivity contribution in [3.05, 3.63) is 52.3 Å². The van der Waals surface area contributed by atoms with E-state index in [0.29, 0.717) is 12.2 Å². The number of rotatable bonds is 3. The van der Waals surface area contributed by atoms with Gasteiger partial charge in [-0.05, 0) is 36.8 Å². The SMILES string of the molecule is CCn1cc(C(=O)O)c(=O)cc1-c1ccc(O)cc1. The monoisotopic (exact) mass is 259 g/mol. The van der Waals surface area contributed by atoms with Gasteiger partial charge in [-0.3, -0.25) is 4.79 Å². The van der Waals surface area contributed by atoms with Crippen LogP contribution in [0.5, 0.6) is 5.75 Å². The maximum atomic E-state index is 11.7. The van der Waals surface area contributed by atoms with Crippen molar-refractivity contribution in [3.8, 4) is 17.0 Å². The topological polar surface area (TPSA) is 79.5 Å². The van der Waals surface area contributed by atoms with Crippen LogP contribution in [0, 0.1) is 0 Å². The predicted octanol–water partition coefficient (Wildman–Crippen LogP) is 1.94. The number of nitrogens with zero attached hydrogens (tertiary/aromatic N) is 1. The van der Waals surface area contributed by atoms with Gasteiger partial charge in [-0.1, -0.05) is 0 Å². The molecule has 0 spiro atoms. The molecule has 5 heteroatoms. The van der Waals surface area contributed by atoms with Crippen molar-refractivity contribution >= 4 is 5.97 Å². The highest BCUT2D eigenvalue weighted by molar-refractivity contribution is 5.87. The van der Waals surface area contributed by atoms with E-state index in [1.165, 1.54) is 24.4 Å². The smallest absolute Gasteiger partial charge is 0.341 e. The van der Waals surface area contributed by atoms with Crippen LogP contribution in [0.4, 0.5) is 0 Å². The number of hydrogen-bond acceptors (Lipinski definition) is 3. The zero-order valence-electron chi connectivity index (χ0n) is 10.3. The maximum Gasteiger partial charge on any atom is 0.341 e. The predicted molar refractivity (Wildman–Crippen MR) is 70.4 cm³/mol. The van der Waals surface area contributed by atoms with Crippen LogP contribution in [0.3, 0.4) is 0 Å². The summed E-state index contributed by atoms with van der Waals surface area (Å²) >= 11 is 0. The van der Waals surface area contributed by atoms with E-state index in [1.807, 2.05) is 6.92 Å². The standard InChI is InChI=1S/C14H13NO4/c1-2-15-8-11(14(18)19)13(17)7-12(15)9-3-5-10(16)6-4-9/h3-8,16H,2H2,1H3,(H,18,19). The lowest BCUT2D eigenvalue weighted by molar-refractivity contribution is 0.0694. The lowest BCUT2D eigenvalue weighted by atomic mass is 10.1. The molecule has 1 aromatic heterocycles. The number of hydrogen-bond donors (Lipinski definition) is 2. The molecule has 2 rings (SSSR count). The molecule has 0 fully saturated rings. The zero-order valence-corrected chi connectivity index (χ0v) is 10.3. The first-order valence-electron chi connectivity index (χ1n) is 5.80. The number of aromatic nitrogens is 1. The van der Waals surface area contributed by atoms with E-state index in [-0.39, 0.29) is 11.3 Å². The number of carbonyl (C=O) groups is 1. The molecule has 0 atom stereocenters. The molecule has 19 heavy (non-hydrogen) atoms. The Kier molecular flexibility index (Phi) is 3.37. The number of aryl methyl sites for hydroxylation is 1. The van der Waals surface area contributed by atoms with E-state index in [0.717, 1.165) is 5.56 Å². The van der Waals surface area contributed by atoms with Crippen molar-refractivity contribution in [2.75, 3.05) is 0 Å². The van der Waals surface area contributed by atoms with Crippen molar-refractivity contribution in [1.29, 1.82) is 0 Å². The van der Waals surface area contributed by atoms with Crippen LogP contribution in [-0.4, -0.2) is 20.7 Å². The van der Waals surface area contributed by atoms with Crippen LogP contribution in [0.25, 0.3) is 11.3 Å². The van der Waals surface area contributed by atoms with Crippen molar-refractivity contribution in [2.45, 2.75) is 13.5 Å². The van der Waals surface area contributed by atoms with E-state index in [2.05, 4.69) is 0 Å². The van der Waals surface area contributed by atoms with Crippen molar-refractivity contribution in [1.82, 2.24) is 4.57 Å². The van der Waals surface area contributed by atoms with Crippen LogP contribution in [0.1, 0.15) is 17.3 Å². The molecule has 2 aromatic rings. The van der Waals surface area contributed by atoms with E-state index in [9.17, 15) is 14.7 Å². The summed E-state index contributed by atoms with van der Waals surface area (Å²) in [5.74, 6) is -1.10. The summed E-state index contributed by atoms with van der Waals surface area (Å²) in [6, 6.07) is 7.70. The lowest BCUT2D eigenvalue weighted by Crippen LogP contribution is -2.18. The number of carboxylic acids is 1. The minimum atomic E-state index is -1.23. The second-order valence-electron chi connectivity index (χ2n) is 4.07. The highest BCUT2D eigenvalue weighted by Crippen LogP contribution is 2.21. The Morgan fingerprint density at radius 2 is 1.89 bits per heavy atom. The average Bonchev–Trinajstić information content (AvgIpc) is 2.39. The number of aromatic hydroxyl groups is 1. The number of carboxylic acid groups (broad SMARTS) is 1. The molecule has 0 amide bonds. The van der Waals surface area contributed by atoms with E-state index in [4.69, 9.17) is 5.11 Å². The fraction of sp³-hybridized carbons (Fsp3) is 0.143. The number of aromatic carboxylic acids is 1. The van der Waals surface area contributed by atoms with Crippen LogP contribution in [0.2, 0.25) is 0 Å². The van der Waals surface area contributed by atoms with Gasteiger partial charge >= 0.3 is 5.97 Å². The van der Waals surface area contributed by atoms with Crippen molar-refractivity contribution in [3.63, 3.8) is 0 Å². The van der Waals surface area contributed by atoms with Crippen molar-refractivity contribution < 1.29 is 15.0 Å². The van der Waals surface area contributed by atoms with Gasteiger partial charge in [-0.15, -0.1) is 0 Å². The van der Waals surface area contributed by atoms with Gasteiger partial charge in [0.05, 0.1) is 5.69 Å². The third kappa shape index (κ3) is 2.49. The first-order chi connectivity index (χ1) is 9.02. The molecule has 0 aliphatic carbocycles. The van der Waals surface area contributed by atoms with Crippen LogP contribution in [0.15, 0.2) is 41.3 Å². The average molecular weight is 259 g/mol. The van der Waals surface area contributed by atoms with Gasteiger partial charge in [0.25, 0.3) is 0 Å².